The number of alkyl carbamates (subject to hydrolysis) is 2. The molecule has 2 aromatic carbocycles. The predicted octanol–water partition coefficient (Wildman–Crippen LogP) is 4.92. The summed E-state index contributed by atoms with van der Waals surface area (Å²) in [7, 11) is 0. The van der Waals surface area contributed by atoms with E-state index >= 15 is 0 Å². The Labute approximate surface area is 208 Å². The van der Waals surface area contributed by atoms with Crippen molar-refractivity contribution in [2.24, 2.45) is 0 Å². The summed E-state index contributed by atoms with van der Waals surface area (Å²) in [6, 6.07) is 13.9. The third-order valence-corrected chi connectivity index (χ3v) is 5.62. The van der Waals surface area contributed by atoms with Crippen molar-refractivity contribution in [1.29, 1.82) is 0 Å². The van der Waals surface area contributed by atoms with Crippen LogP contribution in [-0.4, -0.2) is 54.0 Å². The molecule has 3 N–H and O–H groups in total. The molecule has 0 spiro atoms. The molecule has 0 saturated heterocycles. The number of ether oxygens (including phenoxy) is 2. The van der Waals surface area contributed by atoms with Gasteiger partial charge in [0.1, 0.15) is 18.2 Å². The molecular weight excluding hydrogens is 474 g/mol. The number of hydrogen-bond donors (Lipinski definition) is 3. The Bertz CT molecular complexity index is 1070. The van der Waals surface area contributed by atoms with Gasteiger partial charge in [-0.2, -0.15) is 0 Å². The monoisotopic (exact) mass is 504 g/mol. The second kappa shape index (κ2) is 10.9. The van der Waals surface area contributed by atoms with Crippen LogP contribution in [0.3, 0.4) is 0 Å². The van der Waals surface area contributed by atoms with E-state index < -0.39 is 55.1 Å². The second-order valence-corrected chi connectivity index (χ2v) is 9.61. The zero-order valence-electron chi connectivity index (χ0n) is 20.3. The molecule has 0 aliphatic heterocycles. The van der Waals surface area contributed by atoms with Gasteiger partial charge in [0.25, 0.3) is 5.92 Å². The first-order valence-electron chi connectivity index (χ1n) is 11.6. The van der Waals surface area contributed by atoms with Crippen molar-refractivity contribution in [3.8, 4) is 11.1 Å². The van der Waals surface area contributed by atoms with Crippen LogP contribution in [0.4, 0.5) is 18.4 Å². The average Bonchev–Trinajstić information content (AvgIpc) is 3.12. The molecule has 1 atom stereocenters. The van der Waals surface area contributed by atoms with Gasteiger partial charge >= 0.3 is 18.2 Å². The van der Waals surface area contributed by atoms with Crippen molar-refractivity contribution in [3.05, 3.63) is 59.7 Å². The van der Waals surface area contributed by atoms with Crippen molar-refractivity contribution in [2.75, 3.05) is 13.2 Å². The Morgan fingerprint density at radius 1 is 0.972 bits per heavy atom. The summed E-state index contributed by atoms with van der Waals surface area (Å²) in [5, 5.41) is 13.5. The summed E-state index contributed by atoms with van der Waals surface area (Å²) in [4.78, 5) is 35.5. The first kappa shape index (κ1) is 26.9. The zero-order chi connectivity index (χ0) is 26.5. The van der Waals surface area contributed by atoms with Gasteiger partial charge in [0.05, 0.1) is 6.54 Å². The molecule has 1 unspecified atom stereocenters. The summed E-state index contributed by atoms with van der Waals surface area (Å²) < 4.78 is 38.6. The maximum absolute atomic E-state index is 14.2. The molecule has 36 heavy (non-hydrogen) atoms. The van der Waals surface area contributed by atoms with Gasteiger partial charge in [0, 0.05) is 12.3 Å². The molecule has 2 aromatic rings. The lowest BCUT2D eigenvalue weighted by Gasteiger charge is -2.23. The summed E-state index contributed by atoms with van der Waals surface area (Å²) in [5.74, 6) is -5.11. The molecule has 194 valence electrons. The number of fused-ring (bicyclic) bond motifs is 3. The van der Waals surface area contributed by atoms with Crippen LogP contribution in [0.5, 0.6) is 0 Å². The summed E-state index contributed by atoms with van der Waals surface area (Å²) in [6.07, 6.45) is -3.47. The highest BCUT2D eigenvalue weighted by Gasteiger charge is 2.34. The van der Waals surface area contributed by atoms with Gasteiger partial charge < -0.3 is 25.2 Å². The quantitative estimate of drug-likeness (QED) is 0.447. The van der Waals surface area contributed by atoms with Crippen LogP contribution >= 0.6 is 0 Å². The first-order chi connectivity index (χ1) is 16.9. The van der Waals surface area contributed by atoms with Crippen LogP contribution in [0, 0.1) is 0 Å². The maximum atomic E-state index is 14.2. The smallest absolute Gasteiger partial charge is 0.407 e. The van der Waals surface area contributed by atoms with Crippen LogP contribution in [0.25, 0.3) is 11.1 Å². The lowest BCUT2D eigenvalue weighted by atomic mass is 9.98. The van der Waals surface area contributed by atoms with E-state index in [1.807, 2.05) is 53.8 Å². The van der Waals surface area contributed by atoms with Gasteiger partial charge in [-0.1, -0.05) is 48.5 Å². The molecule has 10 heteroatoms. The van der Waals surface area contributed by atoms with Crippen LogP contribution in [-0.2, 0) is 14.3 Å². The lowest BCUT2D eigenvalue weighted by Crippen LogP contribution is -2.44. The van der Waals surface area contributed by atoms with Crippen molar-refractivity contribution in [3.63, 3.8) is 0 Å². The normalized spacial score (nSPS) is 13.8. The molecule has 0 heterocycles. The van der Waals surface area contributed by atoms with E-state index in [9.17, 15) is 28.3 Å². The van der Waals surface area contributed by atoms with E-state index in [4.69, 9.17) is 9.47 Å². The Balaban J connectivity index is 1.53. The molecule has 0 aromatic heterocycles. The fraction of sp³-hybridized carbons (Fsp3) is 0.423. The van der Waals surface area contributed by atoms with Crippen LogP contribution < -0.4 is 10.6 Å². The van der Waals surface area contributed by atoms with Crippen LogP contribution in [0.2, 0.25) is 0 Å². The van der Waals surface area contributed by atoms with Gasteiger partial charge in [-0.25, -0.2) is 23.2 Å². The molecule has 0 saturated carbocycles. The Hall–Kier alpha value is -3.69. The lowest BCUT2D eigenvalue weighted by molar-refractivity contribution is -0.140. The number of alkyl halides is 2. The number of rotatable bonds is 9. The topological polar surface area (TPSA) is 114 Å². The maximum Gasteiger partial charge on any atom is 0.407 e. The fourth-order valence-electron chi connectivity index (χ4n) is 4.00. The molecule has 0 fully saturated rings. The molecule has 0 radical (unpaired) electrons. The minimum absolute atomic E-state index is 0.0395. The highest BCUT2D eigenvalue weighted by Crippen LogP contribution is 2.44. The number of benzene rings is 2. The minimum atomic E-state index is -3.41. The third kappa shape index (κ3) is 7.16. The van der Waals surface area contributed by atoms with E-state index in [0.717, 1.165) is 22.3 Å². The third-order valence-electron chi connectivity index (χ3n) is 5.62. The van der Waals surface area contributed by atoms with E-state index in [-0.39, 0.29) is 12.5 Å². The zero-order valence-corrected chi connectivity index (χ0v) is 20.3. The fourth-order valence-corrected chi connectivity index (χ4v) is 4.00. The molecular formula is C26H30F2N2O6. The molecule has 3 rings (SSSR count). The summed E-state index contributed by atoms with van der Waals surface area (Å²) in [5.41, 5.74) is 3.19. The number of hydrogen-bond acceptors (Lipinski definition) is 5. The second-order valence-electron chi connectivity index (χ2n) is 9.61. The SMILES string of the molecule is CC(C)(C)OC(=O)NCC(F)(F)CCC(NC(=O)OCC1c2ccccc2-c2ccccc21)C(=O)O. The number of aliphatic carboxylic acids is 1. The number of nitrogens with one attached hydrogen (secondary N) is 2. The molecule has 2 amide bonds. The Morgan fingerprint density at radius 2 is 1.53 bits per heavy atom. The van der Waals surface area contributed by atoms with E-state index in [1.54, 1.807) is 20.8 Å². The van der Waals surface area contributed by atoms with E-state index in [2.05, 4.69) is 5.32 Å². The van der Waals surface area contributed by atoms with Gasteiger partial charge in [-0.05, 0) is 49.4 Å². The number of halogens is 2. The van der Waals surface area contributed by atoms with Crippen LogP contribution in [0.15, 0.2) is 48.5 Å². The number of carbonyl (C=O) groups is 3. The van der Waals surface area contributed by atoms with Gasteiger partial charge in [0.15, 0.2) is 0 Å². The van der Waals surface area contributed by atoms with Crippen molar-refractivity contribution >= 4 is 18.2 Å². The van der Waals surface area contributed by atoms with E-state index in [1.165, 1.54) is 0 Å². The molecule has 1 aliphatic rings. The molecule has 0 bridgehead atoms. The van der Waals surface area contributed by atoms with Gasteiger partial charge in [-0.3, -0.25) is 0 Å². The summed E-state index contributed by atoms with van der Waals surface area (Å²) >= 11 is 0. The highest BCUT2D eigenvalue weighted by atomic mass is 19.3. The first-order valence-corrected chi connectivity index (χ1v) is 11.6. The van der Waals surface area contributed by atoms with Gasteiger partial charge in [-0.15, -0.1) is 0 Å². The average molecular weight is 505 g/mol. The standard InChI is InChI=1S/C26H30F2N2O6/c1-25(2,3)36-23(33)29-15-26(27,28)13-12-21(22(31)32)30-24(34)35-14-20-18-10-6-4-8-16(18)17-9-5-7-11-19(17)20/h4-11,20-21H,12-15H2,1-3H3,(H,29,33)(H,30,34)(H,31,32). The van der Waals surface area contributed by atoms with Crippen molar-refractivity contribution in [1.82, 2.24) is 10.6 Å². The predicted molar refractivity (Wildman–Crippen MR) is 128 cm³/mol. The Morgan fingerprint density at radius 3 is 2.06 bits per heavy atom. The van der Waals surface area contributed by atoms with Gasteiger partial charge in [0.2, 0.25) is 0 Å². The van der Waals surface area contributed by atoms with E-state index in [0.29, 0.717) is 0 Å². The van der Waals surface area contributed by atoms with Crippen LogP contribution in [0.1, 0.15) is 50.7 Å². The molecule has 8 nitrogen and oxygen atoms in total. The molecule has 1 aliphatic carbocycles. The number of carbonyl (C=O) groups excluding carboxylic acids is 2. The summed E-state index contributed by atoms with van der Waals surface area (Å²) in [6.45, 7) is 3.72. The highest BCUT2D eigenvalue weighted by molar-refractivity contribution is 5.81. The minimum Gasteiger partial charge on any atom is -0.480 e. The number of carboxylic acid groups (broad SMARTS) is 1. The Kier molecular flexibility index (Phi) is 8.17. The number of amides is 2. The van der Waals surface area contributed by atoms with Crippen molar-refractivity contribution in [2.45, 2.75) is 57.1 Å². The largest absolute Gasteiger partial charge is 0.480 e. The van der Waals surface area contributed by atoms with Crippen molar-refractivity contribution < 1.29 is 37.7 Å². The number of carboxylic acids is 1.